The maximum Gasteiger partial charge on any atom is 0.128 e. The quantitative estimate of drug-likeness (QED) is 0.713. The Morgan fingerprint density at radius 2 is 2.38 bits per heavy atom. The zero-order chi connectivity index (χ0) is 9.26. The number of aliphatic hydroxyl groups excluding tert-OH is 1. The lowest BCUT2D eigenvalue weighted by Crippen LogP contribution is -2.14. The van der Waals surface area contributed by atoms with Gasteiger partial charge in [0.05, 0.1) is 12.7 Å². The Balaban J connectivity index is 2.48. The Bertz CT molecular complexity index is 307. The molecule has 13 heavy (non-hydrogen) atoms. The van der Waals surface area contributed by atoms with Gasteiger partial charge in [-0.15, -0.1) is 0 Å². The molecule has 1 unspecified atom stereocenters. The van der Waals surface area contributed by atoms with E-state index in [0.29, 0.717) is 13.0 Å². The molecule has 0 spiro atoms. The first-order valence-corrected chi connectivity index (χ1v) is 4.75. The number of aliphatic hydroxyl groups is 1. The molecular weight excluding hydrogens is 164 g/mol. The fraction of sp³-hybridized carbons (Fsp3) is 0.455. The summed E-state index contributed by atoms with van der Waals surface area (Å²) in [6.07, 6.45) is 1.33. The molecule has 1 aliphatic heterocycles. The summed E-state index contributed by atoms with van der Waals surface area (Å²) in [6, 6.07) is 5.98. The second-order valence-corrected chi connectivity index (χ2v) is 3.34. The minimum absolute atomic E-state index is 0.338. The van der Waals surface area contributed by atoms with Crippen molar-refractivity contribution in [3.05, 3.63) is 29.3 Å². The largest absolute Gasteiger partial charge is 0.493 e. The number of hydrogen-bond acceptors (Lipinski definition) is 2. The van der Waals surface area contributed by atoms with E-state index in [1.807, 2.05) is 12.1 Å². The monoisotopic (exact) mass is 178 g/mol. The van der Waals surface area contributed by atoms with Crippen molar-refractivity contribution in [2.24, 2.45) is 0 Å². The van der Waals surface area contributed by atoms with Crippen molar-refractivity contribution in [1.82, 2.24) is 0 Å². The van der Waals surface area contributed by atoms with Crippen molar-refractivity contribution in [1.29, 1.82) is 0 Å². The second kappa shape index (κ2) is 3.38. The van der Waals surface area contributed by atoms with Crippen molar-refractivity contribution in [2.75, 3.05) is 6.61 Å². The van der Waals surface area contributed by atoms with Crippen molar-refractivity contribution >= 4 is 0 Å². The lowest BCUT2D eigenvalue weighted by Gasteiger charge is -2.23. The van der Waals surface area contributed by atoms with E-state index in [4.69, 9.17) is 4.74 Å². The normalized spacial score (nSPS) is 20.6. The number of aryl methyl sites for hydroxylation is 1. The molecule has 0 saturated carbocycles. The third-order valence-corrected chi connectivity index (χ3v) is 2.50. The maximum atomic E-state index is 9.70. The molecule has 1 aliphatic rings. The molecule has 2 heteroatoms. The highest BCUT2D eigenvalue weighted by Gasteiger charge is 2.20. The van der Waals surface area contributed by atoms with E-state index in [1.165, 1.54) is 5.56 Å². The topological polar surface area (TPSA) is 29.5 Å². The molecule has 2 nitrogen and oxygen atoms in total. The number of ether oxygens (including phenoxy) is 1. The summed E-state index contributed by atoms with van der Waals surface area (Å²) >= 11 is 0. The predicted octanol–water partition coefficient (Wildman–Crippen LogP) is 2.06. The summed E-state index contributed by atoms with van der Waals surface area (Å²) in [5.74, 6) is 0.906. The summed E-state index contributed by atoms with van der Waals surface area (Å²) < 4.78 is 5.56. The second-order valence-electron chi connectivity index (χ2n) is 3.34. The molecule has 0 aliphatic carbocycles. The first-order chi connectivity index (χ1) is 6.33. The highest BCUT2D eigenvalue weighted by molar-refractivity contribution is 5.43. The van der Waals surface area contributed by atoms with E-state index in [9.17, 15) is 5.11 Å². The van der Waals surface area contributed by atoms with Crippen LogP contribution in [0.4, 0.5) is 0 Å². The third kappa shape index (κ3) is 1.42. The van der Waals surface area contributed by atoms with Gasteiger partial charge in [0.15, 0.2) is 0 Å². The van der Waals surface area contributed by atoms with Gasteiger partial charge in [-0.3, -0.25) is 0 Å². The Labute approximate surface area is 78.2 Å². The van der Waals surface area contributed by atoms with E-state index < -0.39 is 0 Å². The fourth-order valence-corrected chi connectivity index (χ4v) is 1.75. The number of benzene rings is 1. The van der Waals surface area contributed by atoms with Crippen LogP contribution in [0.25, 0.3) is 0 Å². The third-order valence-electron chi connectivity index (χ3n) is 2.50. The minimum atomic E-state index is -0.338. The predicted molar refractivity (Wildman–Crippen MR) is 50.9 cm³/mol. The van der Waals surface area contributed by atoms with Gasteiger partial charge < -0.3 is 9.84 Å². The molecule has 1 aromatic carbocycles. The van der Waals surface area contributed by atoms with Gasteiger partial charge in [0.25, 0.3) is 0 Å². The zero-order valence-electron chi connectivity index (χ0n) is 7.79. The smallest absolute Gasteiger partial charge is 0.128 e. The molecule has 0 aromatic heterocycles. The Morgan fingerprint density at radius 3 is 3.15 bits per heavy atom. The van der Waals surface area contributed by atoms with E-state index >= 15 is 0 Å². The van der Waals surface area contributed by atoms with Gasteiger partial charge in [-0.05, 0) is 12.0 Å². The molecule has 1 N–H and O–H groups in total. The van der Waals surface area contributed by atoms with E-state index in [1.54, 1.807) is 0 Å². The van der Waals surface area contributed by atoms with Gasteiger partial charge in [-0.1, -0.05) is 25.1 Å². The summed E-state index contributed by atoms with van der Waals surface area (Å²) in [5, 5.41) is 9.70. The maximum absolute atomic E-state index is 9.70. The molecule has 2 rings (SSSR count). The lowest BCUT2D eigenvalue weighted by atomic mass is 9.99. The first kappa shape index (κ1) is 8.57. The van der Waals surface area contributed by atoms with Crippen molar-refractivity contribution in [2.45, 2.75) is 25.9 Å². The van der Waals surface area contributed by atoms with Crippen molar-refractivity contribution in [3.63, 3.8) is 0 Å². The van der Waals surface area contributed by atoms with Crippen molar-refractivity contribution < 1.29 is 9.84 Å². The van der Waals surface area contributed by atoms with Crippen LogP contribution >= 0.6 is 0 Å². The Kier molecular flexibility index (Phi) is 2.23. The standard InChI is InChI=1S/C11H14O2/c1-2-8-4-3-5-9-10(12)6-7-13-11(8)9/h3-5,10,12H,2,6-7H2,1H3. The summed E-state index contributed by atoms with van der Waals surface area (Å²) in [4.78, 5) is 0. The van der Waals surface area contributed by atoms with Gasteiger partial charge in [0.1, 0.15) is 5.75 Å². The average molecular weight is 178 g/mol. The molecule has 1 heterocycles. The number of rotatable bonds is 1. The van der Waals surface area contributed by atoms with Gasteiger partial charge in [-0.2, -0.15) is 0 Å². The SMILES string of the molecule is CCc1cccc2c1OCCC2O. The first-order valence-electron chi connectivity index (χ1n) is 4.75. The van der Waals surface area contributed by atoms with Crippen LogP contribution < -0.4 is 4.74 Å². The van der Waals surface area contributed by atoms with E-state index in [-0.39, 0.29) is 6.10 Å². The van der Waals surface area contributed by atoms with E-state index in [0.717, 1.165) is 17.7 Å². The van der Waals surface area contributed by atoms with E-state index in [2.05, 4.69) is 13.0 Å². The van der Waals surface area contributed by atoms with Gasteiger partial charge >= 0.3 is 0 Å². The Morgan fingerprint density at radius 1 is 1.54 bits per heavy atom. The molecule has 0 radical (unpaired) electrons. The molecule has 1 aromatic rings. The summed E-state index contributed by atoms with van der Waals surface area (Å²) in [6.45, 7) is 2.73. The Hall–Kier alpha value is -1.02. The zero-order valence-corrected chi connectivity index (χ0v) is 7.79. The number of para-hydroxylation sites is 1. The average Bonchev–Trinajstić information content (AvgIpc) is 2.18. The fourth-order valence-electron chi connectivity index (χ4n) is 1.75. The van der Waals surface area contributed by atoms with Crippen molar-refractivity contribution in [3.8, 4) is 5.75 Å². The molecule has 0 saturated heterocycles. The lowest BCUT2D eigenvalue weighted by molar-refractivity contribution is 0.114. The van der Waals surface area contributed by atoms with Gasteiger partial charge in [-0.25, -0.2) is 0 Å². The van der Waals surface area contributed by atoms with Crippen LogP contribution in [0.2, 0.25) is 0 Å². The van der Waals surface area contributed by atoms with Crippen LogP contribution in [0, 0.1) is 0 Å². The number of fused-ring (bicyclic) bond motifs is 1. The van der Waals surface area contributed by atoms with Gasteiger partial charge in [0, 0.05) is 12.0 Å². The highest BCUT2D eigenvalue weighted by Crippen LogP contribution is 2.34. The van der Waals surface area contributed by atoms with Crippen LogP contribution in [-0.4, -0.2) is 11.7 Å². The summed E-state index contributed by atoms with van der Waals surface area (Å²) in [5.41, 5.74) is 2.14. The van der Waals surface area contributed by atoms with Crippen LogP contribution in [0.15, 0.2) is 18.2 Å². The molecule has 0 fully saturated rings. The van der Waals surface area contributed by atoms with Crippen LogP contribution in [-0.2, 0) is 6.42 Å². The molecule has 70 valence electrons. The van der Waals surface area contributed by atoms with Crippen LogP contribution in [0.5, 0.6) is 5.75 Å². The van der Waals surface area contributed by atoms with Gasteiger partial charge in [0.2, 0.25) is 0 Å². The minimum Gasteiger partial charge on any atom is -0.493 e. The van der Waals surface area contributed by atoms with Crippen LogP contribution in [0.3, 0.4) is 0 Å². The number of hydrogen-bond donors (Lipinski definition) is 1. The molecular formula is C11H14O2. The molecule has 1 atom stereocenters. The highest BCUT2D eigenvalue weighted by atomic mass is 16.5. The molecule has 0 bridgehead atoms. The van der Waals surface area contributed by atoms with Crippen LogP contribution in [0.1, 0.15) is 30.6 Å². The molecule has 0 amide bonds. The summed E-state index contributed by atoms with van der Waals surface area (Å²) in [7, 11) is 0.